The van der Waals surface area contributed by atoms with Crippen LogP contribution in [0, 0.1) is 5.92 Å². The average Bonchev–Trinajstić information content (AvgIpc) is 2.64. The van der Waals surface area contributed by atoms with Gasteiger partial charge in [-0.1, -0.05) is 32.0 Å². The molecular formula is C17H29N3. The van der Waals surface area contributed by atoms with Crippen molar-refractivity contribution in [1.82, 2.24) is 10.2 Å². The number of nitrogens with one attached hydrogen (secondary N) is 1. The Morgan fingerprint density at radius 3 is 2.70 bits per heavy atom. The molecule has 1 aliphatic rings. The highest BCUT2D eigenvalue weighted by Crippen LogP contribution is 2.21. The molecule has 2 rings (SSSR count). The summed E-state index contributed by atoms with van der Waals surface area (Å²) in [5, 5.41) is 3.57. The average molecular weight is 275 g/mol. The van der Waals surface area contributed by atoms with Gasteiger partial charge in [0.1, 0.15) is 0 Å². The van der Waals surface area contributed by atoms with Crippen LogP contribution in [-0.4, -0.2) is 44.7 Å². The molecule has 0 saturated carbocycles. The van der Waals surface area contributed by atoms with Crippen LogP contribution in [-0.2, 0) is 6.54 Å². The van der Waals surface area contributed by atoms with Gasteiger partial charge in [-0.15, -0.1) is 0 Å². The molecule has 0 aliphatic carbocycles. The molecule has 0 bridgehead atoms. The van der Waals surface area contributed by atoms with Crippen LogP contribution >= 0.6 is 0 Å². The number of anilines is 1. The molecule has 112 valence electrons. The highest BCUT2D eigenvalue weighted by Gasteiger charge is 2.14. The SMILES string of the molecule is CC(C)CNCc1ccccc1N1CCCN(C)CC1. The zero-order valence-corrected chi connectivity index (χ0v) is 13.2. The Balaban J connectivity index is 2.02. The zero-order chi connectivity index (χ0) is 14.4. The maximum Gasteiger partial charge on any atom is 0.0412 e. The molecular weight excluding hydrogens is 246 g/mol. The summed E-state index contributed by atoms with van der Waals surface area (Å²) in [6, 6.07) is 8.85. The molecule has 0 radical (unpaired) electrons. The van der Waals surface area contributed by atoms with Crippen LogP contribution < -0.4 is 10.2 Å². The molecule has 0 aromatic heterocycles. The highest BCUT2D eigenvalue weighted by atomic mass is 15.2. The maximum absolute atomic E-state index is 3.57. The van der Waals surface area contributed by atoms with Crippen LogP contribution in [0.3, 0.4) is 0 Å². The number of likely N-dealkylation sites (N-methyl/N-ethyl adjacent to an activating group) is 1. The van der Waals surface area contributed by atoms with E-state index in [2.05, 4.69) is 60.3 Å². The van der Waals surface area contributed by atoms with E-state index in [-0.39, 0.29) is 0 Å². The van der Waals surface area contributed by atoms with Crippen molar-refractivity contribution in [3.05, 3.63) is 29.8 Å². The summed E-state index contributed by atoms with van der Waals surface area (Å²) in [7, 11) is 2.22. The first-order valence-electron chi connectivity index (χ1n) is 7.89. The van der Waals surface area contributed by atoms with Gasteiger partial charge in [0.25, 0.3) is 0 Å². The normalized spacial score (nSPS) is 17.5. The van der Waals surface area contributed by atoms with E-state index in [1.807, 2.05) is 0 Å². The Hall–Kier alpha value is -1.06. The van der Waals surface area contributed by atoms with Crippen LogP contribution in [0.5, 0.6) is 0 Å². The minimum Gasteiger partial charge on any atom is -0.370 e. The van der Waals surface area contributed by atoms with E-state index in [1.54, 1.807) is 0 Å². The molecule has 0 atom stereocenters. The van der Waals surface area contributed by atoms with Gasteiger partial charge < -0.3 is 15.1 Å². The molecule has 0 spiro atoms. The van der Waals surface area contributed by atoms with Crippen molar-refractivity contribution in [3.63, 3.8) is 0 Å². The molecule has 1 heterocycles. The summed E-state index contributed by atoms with van der Waals surface area (Å²) in [4.78, 5) is 4.98. The molecule has 20 heavy (non-hydrogen) atoms. The summed E-state index contributed by atoms with van der Waals surface area (Å²) < 4.78 is 0. The Bertz CT molecular complexity index is 403. The summed E-state index contributed by atoms with van der Waals surface area (Å²) in [5.41, 5.74) is 2.84. The second-order valence-electron chi connectivity index (χ2n) is 6.30. The second kappa shape index (κ2) is 7.65. The van der Waals surface area contributed by atoms with Gasteiger partial charge in [0, 0.05) is 31.9 Å². The number of nitrogens with zero attached hydrogens (tertiary/aromatic N) is 2. The Kier molecular flexibility index (Phi) is 5.86. The van der Waals surface area contributed by atoms with Gasteiger partial charge in [0.15, 0.2) is 0 Å². The van der Waals surface area contributed by atoms with E-state index in [0.717, 1.165) is 26.2 Å². The number of rotatable bonds is 5. The third kappa shape index (κ3) is 4.50. The third-order valence-corrected chi connectivity index (χ3v) is 3.92. The molecule has 3 heteroatoms. The number of hydrogen-bond donors (Lipinski definition) is 1. The van der Waals surface area contributed by atoms with E-state index in [1.165, 1.54) is 30.8 Å². The monoisotopic (exact) mass is 275 g/mol. The number of hydrogen-bond acceptors (Lipinski definition) is 3. The smallest absolute Gasteiger partial charge is 0.0412 e. The Morgan fingerprint density at radius 2 is 1.90 bits per heavy atom. The number of para-hydroxylation sites is 1. The maximum atomic E-state index is 3.57. The fraction of sp³-hybridized carbons (Fsp3) is 0.647. The third-order valence-electron chi connectivity index (χ3n) is 3.92. The summed E-state index contributed by atoms with van der Waals surface area (Å²) in [5.74, 6) is 0.703. The van der Waals surface area contributed by atoms with Crippen LogP contribution in [0.25, 0.3) is 0 Å². The fourth-order valence-electron chi connectivity index (χ4n) is 2.75. The predicted molar refractivity (Wildman–Crippen MR) is 87.3 cm³/mol. The topological polar surface area (TPSA) is 18.5 Å². The molecule has 0 unspecified atom stereocenters. The van der Waals surface area contributed by atoms with Gasteiger partial charge in [-0.25, -0.2) is 0 Å². The minimum absolute atomic E-state index is 0.703. The second-order valence-corrected chi connectivity index (χ2v) is 6.30. The highest BCUT2D eigenvalue weighted by molar-refractivity contribution is 5.53. The van der Waals surface area contributed by atoms with Crippen molar-refractivity contribution in [2.75, 3.05) is 44.7 Å². The largest absolute Gasteiger partial charge is 0.370 e. The molecule has 3 nitrogen and oxygen atoms in total. The van der Waals surface area contributed by atoms with Crippen molar-refractivity contribution < 1.29 is 0 Å². The molecule has 1 saturated heterocycles. The van der Waals surface area contributed by atoms with E-state index in [4.69, 9.17) is 0 Å². The number of benzene rings is 1. The first-order chi connectivity index (χ1) is 9.66. The van der Waals surface area contributed by atoms with Gasteiger partial charge in [0.05, 0.1) is 0 Å². The van der Waals surface area contributed by atoms with Crippen molar-refractivity contribution in [1.29, 1.82) is 0 Å². The van der Waals surface area contributed by atoms with Crippen LogP contribution in [0.15, 0.2) is 24.3 Å². The van der Waals surface area contributed by atoms with E-state index in [0.29, 0.717) is 5.92 Å². The molecule has 1 aromatic carbocycles. The van der Waals surface area contributed by atoms with E-state index >= 15 is 0 Å². The Morgan fingerprint density at radius 1 is 1.10 bits per heavy atom. The summed E-state index contributed by atoms with van der Waals surface area (Å²) in [6.07, 6.45) is 1.25. The zero-order valence-electron chi connectivity index (χ0n) is 13.2. The summed E-state index contributed by atoms with van der Waals surface area (Å²) >= 11 is 0. The van der Waals surface area contributed by atoms with Crippen LogP contribution in [0.4, 0.5) is 5.69 Å². The molecule has 1 N–H and O–H groups in total. The first-order valence-corrected chi connectivity index (χ1v) is 7.89. The van der Waals surface area contributed by atoms with Crippen molar-refractivity contribution in [2.24, 2.45) is 5.92 Å². The molecule has 0 amide bonds. The predicted octanol–water partition coefficient (Wildman–Crippen LogP) is 2.57. The van der Waals surface area contributed by atoms with Crippen LogP contribution in [0.1, 0.15) is 25.8 Å². The van der Waals surface area contributed by atoms with Crippen molar-refractivity contribution >= 4 is 5.69 Å². The molecule has 1 aromatic rings. The lowest BCUT2D eigenvalue weighted by molar-refractivity contribution is 0.360. The van der Waals surface area contributed by atoms with Crippen molar-refractivity contribution in [3.8, 4) is 0 Å². The Labute approximate surface area is 124 Å². The first kappa shape index (κ1) is 15.3. The summed E-state index contributed by atoms with van der Waals surface area (Å²) in [6.45, 7) is 11.2. The van der Waals surface area contributed by atoms with Gasteiger partial charge in [-0.3, -0.25) is 0 Å². The standard InChI is InChI=1S/C17H29N3/c1-15(2)13-18-14-16-7-4-5-8-17(16)20-10-6-9-19(3)11-12-20/h4-5,7-8,15,18H,6,9-14H2,1-3H3. The van der Waals surface area contributed by atoms with Gasteiger partial charge in [0.2, 0.25) is 0 Å². The lowest BCUT2D eigenvalue weighted by Gasteiger charge is -2.26. The van der Waals surface area contributed by atoms with E-state index in [9.17, 15) is 0 Å². The lowest BCUT2D eigenvalue weighted by atomic mass is 10.1. The van der Waals surface area contributed by atoms with Gasteiger partial charge in [-0.2, -0.15) is 0 Å². The quantitative estimate of drug-likeness (QED) is 0.891. The lowest BCUT2D eigenvalue weighted by Crippen LogP contribution is -2.30. The molecule has 1 fully saturated rings. The molecule has 1 aliphatic heterocycles. The van der Waals surface area contributed by atoms with E-state index < -0.39 is 0 Å². The van der Waals surface area contributed by atoms with Gasteiger partial charge in [-0.05, 0) is 44.1 Å². The van der Waals surface area contributed by atoms with Gasteiger partial charge >= 0.3 is 0 Å². The minimum atomic E-state index is 0.703. The van der Waals surface area contributed by atoms with Crippen molar-refractivity contribution in [2.45, 2.75) is 26.8 Å². The van der Waals surface area contributed by atoms with Crippen LogP contribution in [0.2, 0.25) is 0 Å². The fourth-order valence-corrected chi connectivity index (χ4v) is 2.75.